The van der Waals surface area contributed by atoms with Gasteiger partial charge in [-0.15, -0.1) is 0 Å². The highest BCUT2D eigenvalue weighted by Crippen LogP contribution is 2.24. The van der Waals surface area contributed by atoms with Crippen LogP contribution in [0.5, 0.6) is 0 Å². The lowest BCUT2D eigenvalue weighted by Gasteiger charge is -2.09. The second-order valence-electron chi connectivity index (χ2n) is 4.43. The average Bonchev–Trinajstić information content (AvgIpc) is 2.41. The Morgan fingerprint density at radius 3 is 2.43 bits per heavy atom. The fourth-order valence-corrected chi connectivity index (χ4v) is 2.12. The number of nitrogens with one attached hydrogen (secondary N) is 1. The number of halogens is 1. The number of carbonyl (C=O) groups is 2. The zero-order valence-corrected chi connectivity index (χ0v) is 11.7. The third-order valence-corrected chi connectivity index (χ3v) is 3.16. The predicted molar refractivity (Wildman–Crippen MR) is 81.6 cm³/mol. The molecule has 2 aromatic carbocycles. The molecule has 0 radical (unpaired) electrons. The van der Waals surface area contributed by atoms with E-state index >= 15 is 0 Å². The minimum absolute atomic E-state index is 0.0767. The number of nitrogens with two attached hydrogens (primary N) is 1. The van der Waals surface area contributed by atoms with Crippen LogP contribution in [0.2, 0.25) is 5.02 Å². The van der Waals surface area contributed by atoms with Gasteiger partial charge in [-0.05, 0) is 29.8 Å². The molecule has 0 aliphatic rings. The highest BCUT2D eigenvalue weighted by molar-refractivity contribution is 6.34. The van der Waals surface area contributed by atoms with Crippen LogP contribution < -0.4 is 11.1 Å². The standard InChI is InChI=1S/C15H13ClN2O3/c16-11-2-1-3-12(14(11)15(20)21)18-13(19)8-9-4-6-10(17)7-5-9/h1-7H,8,17H2,(H,18,19)(H,20,21). The summed E-state index contributed by atoms with van der Waals surface area (Å²) in [5.41, 5.74) is 7.02. The lowest BCUT2D eigenvalue weighted by molar-refractivity contribution is -0.115. The highest BCUT2D eigenvalue weighted by atomic mass is 35.5. The molecule has 0 heterocycles. The molecule has 2 aromatic rings. The SMILES string of the molecule is Nc1ccc(CC(=O)Nc2cccc(Cl)c2C(=O)O)cc1. The number of amides is 1. The Morgan fingerprint density at radius 1 is 1.14 bits per heavy atom. The Balaban J connectivity index is 2.15. The van der Waals surface area contributed by atoms with E-state index in [1.807, 2.05) is 0 Å². The van der Waals surface area contributed by atoms with Crippen molar-refractivity contribution in [2.24, 2.45) is 0 Å². The van der Waals surface area contributed by atoms with E-state index in [-0.39, 0.29) is 28.6 Å². The number of carbonyl (C=O) groups excluding carboxylic acids is 1. The first-order valence-electron chi connectivity index (χ1n) is 6.13. The second-order valence-corrected chi connectivity index (χ2v) is 4.84. The summed E-state index contributed by atoms with van der Waals surface area (Å²) in [6.45, 7) is 0. The van der Waals surface area contributed by atoms with Crippen LogP contribution in [0.15, 0.2) is 42.5 Å². The minimum Gasteiger partial charge on any atom is -0.478 e. The van der Waals surface area contributed by atoms with Crippen molar-refractivity contribution in [1.29, 1.82) is 0 Å². The van der Waals surface area contributed by atoms with Gasteiger partial charge in [0.25, 0.3) is 0 Å². The fourth-order valence-electron chi connectivity index (χ4n) is 1.86. The molecule has 0 spiro atoms. The molecule has 0 aliphatic carbocycles. The van der Waals surface area contributed by atoms with Crippen molar-refractivity contribution in [3.05, 3.63) is 58.6 Å². The Labute approximate surface area is 126 Å². The van der Waals surface area contributed by atoms with Gasteiger partial charge in [0.2, 0.25) is 5.91 Å². The van der Waals surface area contributed by atoms with Crippen LogP contribution in [-0.4, -0.2) is 17.0 Å². The molecule has 0 saturated carbocycles. The molecule has 1 amide bonds. The van der Waals surface area contributed by atoms with Gasteiger partial charge in [0.05, 0.1) is 17.1 Å². The van der Waals surface area contributed by atoms with Gasteiger partial charge in [-0.25, -0.2) is 4.79 Å². The van der Waals surface area contributed by atoms with Crippen molar-refractivity contribution in [3.63, 3.8) is 0 Å². The van der Waals surface area contributed by atoms with Crippen molar-refractivity contribution in [2.75, 3.05) is 11.1 Å². The van der Waals surface area contributed by atoms with E-state index in [1.54, 1.807) is 30.3 Å². The van der Waals surface area contributed by atoms with Gasteiger partial charge in [-0.3, -0.25) is 4.79 Å². The normalized spacial score (nSPS) is 10.1. The molecule has 21 heavy (non-hydrogen) atoms. The molecular formula is C15H13ClN2O3. The number of nitrogen functional groups attached to an aromatic ring is 1. The lowest BCUT2D eigenvalue weighted by Crippen LogP contribution is -2.17. The van der Waals surface area contributed by atoms with Gasteiger partial charge in [0.15, 0.2) is 0 Å². The maximum Gasteiger partial charge on any atom is 0.339 e. The molecule has 0 unspecified atom stereocenters. The molecule has 4 N–H and O–H groups in total. The van der Waals surface area contributed by atoms with Crippen LogP contribution in [0.1, 0.15) is 15.9 Å². The molecule has 0 aromatic heterocycles. The van der Waals surface area contributed by atoms with Crippen LogP contribution in [-0.2, 0) is 11.2 Å². The molecule has 2 rings (SSSR count). The first-order valence-corrected chi connectivity index (χ1v) is 6.51. The van der Waals surface area contributed by atoms with Gasteiger partial charge < -0.3 is 16.2 Å². The number of benzene rings is 2. The topological polar surface area (TPSA) is 92.4 Å². The number of carboxylic acids is 1. The van der Waals surface area contributed by atoms with Crippen LogP contribution in [0.3, 0.4) is 0 Å². The molecule has 0 fully saturated rings. The molecule has 5 nitrogen and oxygen atoms in total. The number of anilines is 2. The second kappa shape index (κ2) is 6.28. The molecule has 0 saturated heterocycles. The summed E-state index contributed by atoms with van der Waals surface area (Å²) in [6.07, 6.45) is 0.117. The van der Waals surface area contributed by atoms with E-state index in [0.717, 1.165) is 5.56 Å². The van der Waals surface area contributed by atoms with Crippen molar-refractivity contribution >= 4 is 34.9 Å². The third kappa shape index (κ3) is 3.73. The minimum atomic E-state index is -1.19. The first-order chi connectivity index (χ1) is 9.97. The molecule has 0 atom stereocenters. The van der Waals surface area contributed by atoms with Gasteiger partial charge in [0.1, 0.15) is 5.56 Å². The number of rotatable bonds is 4. The summed E-state index contributed by atoms with van der Waals surface area (Å²) in [7, 11) is 0. The van der Waals surface area contributed by atoms with Crippen molar-refractivity contribution < 1.29 is 14.7 Å². The monoisotopic (exact) mass is 304 g/mol. The third-order valence-electron chi connectivity index (χ3n) is 2.85. The van der Waals surface area contributed by atoms with Gasteiger partial charge in [0, 0.05) is 5.69 Å². The molecule has 0 bridgehead atoms. The van der Waals surface area contributed by atoms with Crippen LogP contribution in [0.4, 0.5) is 11.4 Å². The molecule has 6 heteroatoms. The lowest BCUT2D eigenvalue weighted by atomic mass is 10.1. The summed E-state index contributed by atoms with van der Waals surface area (Å²) in [5.74, 6) is -1.52. The van der Waals surface area contributed by atoms with Gasteiger partial charge in [-0.2, -0.15) is 0 Å². The summed E-state index contributed by atoms with van der Waals surface area (Å²) in [6, 6.07) is 11.4. The summed E-state index contributed by atoms with van der Waals surface area (Å²) in [5, 5.41) is 11.8. The summed E-state index contributed by atoms with van der Waals surface area (Å²) >= 11 is 5.84. The van der Waals surface area contributed by atoms with E-state index in [9.17, 15) is 9.59 Å². The molecule has 0 aliphatic heterocycles. The quantitative estimate of drug-likeness (QED) is 0.757. The van der Waals surface area contributed by atoms with E-state index in [0.29, 0.717) is 5.69 Å². The zero-order chi connectivity index (χ0) is 15.4. The summed E-state index contributed by atoms with van der Waals surface area (Å²) < 4.78 is 0. The number of carboxylic acid groups (broad SMARTS) is 1. The van der Waals surface area contributed by atoms with Crippen LogP contribution in [0, 0.1) is 0 Å². The Hall–Kier alpha value is -2.53. The highest BCUT2D eigenvalue weighted by Gasteiger charge is 2.16. The number of hydrogen-bond acceptors (Lipinski definition) is 3. The number of hydrogen-bond donors (Lipinski definition) is 3. The van der Waals surface area contributed by atoms with Crippen LogP contribution >= 0.6 is 11.6 Å². The van der Waals surface area contributed by atoms with Crippen molar-refractivity contribution in [1.82, 2.24) is 0 Å². The van der Waals surface area contributed by atoms with E-state index in [2.05, 4.69) is 5.32 Å². The zero-order valence-electron chi connectivity index (χ0n) is 11.0. The van der Waals surface area contributed by atoms with E-state index in [4.69, 9.17) is 22.4 Å². The van der Waals surface area contributed by atoms with E-state index < -0.39 is 5.97 Å². The fraction of sp³-hybridized carbons (Fsp3) is 0.0667. The Morgan fingerprint density at radius 2 is 1.81 bits per heavy atom. The molecule has 108 valence electrons. The van der Waals surface area contributed by atoms with Crippen molar-refractivity contribution in [2.45, 2.75) is 6.42 Å². The van der Waals surface area contributed by atoms with Crippen molar-refractivity contribution in [3.8, 4) is 0 Å². The van der Waals surface area contributed by atoms with E-state index in [1.165, 1.54) is 12.1 Å². The maximum absolute atomic E-state index is 12.0. The maximum atomic E-state index is 12.0. The number of aromatic carboxylic acids is 1. The Kier molecular flexibility index (Phi) is 4.45. The average molecular weight is 305 g/mol. The first kappa shape index (κ1) is 14.9. The summed E-state index contributed by atoms with van der Waals surface area (Å²) in [4.78, 5) is 23.1. The van der Waals surface area contributed by atoms with Gasteiger partial charge in [-0.1, -0.05) is 29.8 Å². The smallest absolute Gasteiger partial charge is 0.339 e. The predicted octanol–water partition coefficient (Wildman–Crippen LogP) is 2.80. The van der Waals surface area contributed by atoms with Gasteiger partial charge >= 0.3 is 5.97 Å². The molecular weight excluding hydrogens is 292 g/mol. The van der Waals surface area contributed by atoms with Crippen LogP contribution in [0.25, 0.3) is 0 Å². The largest absolute Gasteiger partial charge is 0.478 e. The Bertz CT molecular complexity index is 684.